The first-order valence-electron chi connectivity index (χ1n) is 11.4. The summed E-state index contributed by atoms with van der Waals surface area (Å²) >= 11 is 0. The number of likely N-dealkylation sites (tertiary alicyclic amines) is 1. The summed E-state index contributed by atoms with van der Waals surface area (Å²) in [6.07, 6.45) is 4.81. The molecule has 0 aliphatic carbocycles. The van der Waals surface area contributed by atoms with E-state index in [2.05, 4.69) is 10.6 Å². The van der Waals surface area contributed by atoms with Crippen molar-refractivity contribution in [3.8, 4) is 23.0 Å². The van der Waals surface area contributed by atoms with Crippen LogP contribution in [0.3, 0.4) is 0 Å². The number of piperidine rings is 1. The molecule has 0 spiro atoms. The van der Waals surface area contributed by atoms with Gasteiger partial charge in [-0.15, -0.1) is 0 Å². The number of hydrogen-bond acceptors (Lipinski definition) is 6. The van der Waals surface area contributed by atoms with Crippen LogP contribution in [0.15, 0.2) is 42.5 Å². The molecule has 0 radical (unpaired) electrons. The fraction of sp³-hybridized carbons (Fsp3) is 0.385. The lowest BCUT2D eigenvalue weighted by atomic mass is 9.97. The lowest BCUT2D eigenvalue weighted by Gasteiger charge is -2.32. The summed E-state index contributed by atoms with van der Waals surface area (Å²) in [4.78, 5) is 26.8. The van der Waals surface area contributed by atoms with E-state index in [4.69, 9.17) is 18.9 Å². The number of carbonyl (C=O) groups is 2. The Bertz CT molecular complexity index is 1020. The first-order valence-corrected chi connectivity index (χ1v) is 11.4. The van der Waals surface area contributed by atoms with Crippen molar-refractivity contribution in [2.75, 3.05) is 53.4 Å². The maximum absolute atomic E-state index is 12.6. The molecule has 2 aromatic carbocycles. The lowest BCUT2D eigenvalue weighted by molar-refractivity contribution is -0.116. The smallest absolute Gasteiger partial charge is 0.321 e. The van der Waals surface area contributed by atoms with Crippen LogP contribution in [0, 0.1) is 5.92 Å². The third kappa shape index (κ3) is 6.81. The molecular formula is C26H33N3O6. The topological polar surface area (TPSA) is 98.4 Å². The number of nitrogens with zero attached hydrogens (tertiary/aromatic N) is 1. The molecule has 9 heteroatoms. The molecule has 9 nitrogen and oxygen atoms in total. The van der Waals surface area contributed by atoms with Crippen LogP contribution in [0.1, 0.15) is 18.4 Å². The molecule has 1 heterocycles. The van der Waals surface area contributed by atoms with Crippen molar-refractivity contribution in [2.24, 2.45) is 5.92 Å². The number of methoxy groups -OCH3 is 4. The van der Waals surface area contributed by atoms with Crippen molar-refractivity contribution in [2.45, 2.75) is 12.8 Å². The molecule has 0 atom stereocenters. The molecule has 0 bridgehead atoms. The predicted molar refractivity (Wildman–Crippen MR) is 134 cm³/mol. The molecule has 35 heavy (non-hydrogen) atoms. The van der Waals surface area contributed by atoms with Crippen LogP contribution in [0.2, 0.25) is 0 Å². The number of para-hydroxylation sites is 2. The second-order valence-electron chi connectivity index (χ2n) is 8.10. The van der Waals surface area contributed by atoms with E-state index in [1.807, 2.05) is 18.2 Å². The molecule has 1 fully saturated rings. The molecule has 0 unspecified atom stereocenters. The summed E-state index contributed by atoms with van der Waals surface area (Å²) in [6, 6.07) is 10.7. The number of hydrogen-bond donors (Lipinski definition) is 2. The van der Waals surface area contributed by atoms with Gasteiger partial charge < -0.3 is 34.5 Å². The Labute approximate surface area is 206 Å². The number of anilines is 1. The fourth-order valence-electron chi connectivity index (χ4n) is 3.96. The van der Waals surface area contributed by atoms with Gasteiger partial charge in [0.1, 0.15) is 5.75 Å². The van der Waals surface area contributed by atoms with Gasteiger partial charge in [0.05, 0.1) is 34.1 Å². The van der Waals surface area contributed by atoms with Gasteiger partial charge in [-0.05, 0) is 54.7 Å². The lowest BCUT2D eigenvalue weighted by Crippen LogP contribution is -2.43. The molecule has 0 aromatic heterocycles. The first kappa shape index (κ1) is 25.7. The monoisotopic (exact) mass is 483 g/mol. The Morgan fingerprint density at radius 3 is 2.17 bits per heavy atom. The third-order valence-electron chi connectivity index (χ3n) is 5.93. The highest BCUT2D eigenvalue weighted by Gasteiger charge is 2.23. The van der Waals surface area contributed by atoms with Gasteiger partial charge in [0.15, 0.2) is 11.5 Å². The zero-order chi connectivity index (χ0) is 25.2. The zero-order valence-corrected chi connectivity index (χ0v) is 20.6. The molecule has 1 aliphatic heterocycles. The van der Waals surface area contributed by atoms with E-state index in [0.29, 0.717) is 54.2 Å². The van der Waals surface area contributed by atoms with E-state index in [1.54, 1.807) is 57.6 Å². The molecule has 1 saturated heterocycles. The molecule has 1 aliphatic rings. The highest BCUT2D eigenvalue weighted by molar-refractivity contribution is 5.92. The van der Waals surface area contributed by atoms with Crippen LogP contribution in [0.25, 0.3) is 6.08 Å². The Morgan fingerprint density at radius 1 is 0.943 bits per heavy atom. The maximum atomic E-state index is 12.6. The Morgan fingerprint density at radius 2 is 1.57 bits per heavy atom. The normalized spacial score (nSPS) is 13.9. The third-order valence-corrected chi connectivity index (χ3v) is 5.93. The Hall–Kier alpha value is -3.88. The van der Waals surface area contributed by atoms with Crippen LogP contribution >= 0.6 is 0 Å². The molecule has 2 N–H and O–H groups in total. The average Bonchev–Trinajstić information content (AvgIpc) is 2.90. The highest BCUT2D eigenvalue weighted by atomic mass is 16.5. The summed E-state index contributed by atoms with van der Waals surface area (Å²) < 4.78 is 21.3. The molecule has 188 valence electrons. The number of rotatable bonds is 9. The van der Waals surface area contributed by atoms with Crippen molar-refractivity contribution in [3.63, 3.8) is 0 Å². The minimum absolute atomic E-state index is 0.148. The zero-order valence-electron chi connectivity index (χ0n) is 20.6. The van der Waals surface area contributed by atoms with Crippen molar-refractivity contribution < 1.29 is 28.5 Å². The van der Waals surface area contributed by atoms with E-state index in [-0.39, 0.29) is 11.9 Å². The van der Waals surface area contributed by atoms with Crippen LogP contribution in [-0.2, 0) is 4.79 Å². The number of benzene rings is 2. The number of nitrogens with one attached hydrogen (secondary N) is 2. The SMILES string of the molecule is COc1ccccc1NC(=O)N1CCC(CNC(=O)/C=C/c2cc(OC)c(OC)c(OC)c2)CC1. The van der Waals surface area contributed by atoms with Gasteiger partial charge in [0.2, 0.25) is 11.7 Å². The fourth-order valence-corrected chi connectivity index (χ4v) is 3.96. The molecule has 3 rings (SSSR count). The van der Waals surface area contributed by atoms with Crippen molar-refractivity contribution in [1.29, 1.82) is 0 Å². The van der Waals surface area contributed by atoms with Gasteiger partial charge in [0.25, 0.3) is 0 Å². The van der Waals surface area contributed by atoms with Crippen LogP contribution in [0.5, 0.6) is 23.0 Å². The number of urea groups is 1. The van der Waals surface area contributed by atoms with Crippen molar-refractivity contribution in [1.82, 2.24) is 10.2 Å². The van der Waals surface area contributed by atoms with Gasteiger partial charge in [0, 0.05) is 25.7 Å². The second kappa shape index (κ2) is 12.5. The maximum Gasteiger partial charge on any atom is 0.321 e. The van der Waals surface area contributed by atoms with Crippen LogP contribution < -0.4 is 29.6 Å². The Kier molecular flexibility index (Phi) is 9.23. The van der Waals surface area contributed by atoms with Crippen LogP contribution in [-0.4, -0.2) is 64.9 Å². The van der Waals surface area contributed by atoms with Gasteiger partial charge >= 0.3 is 6.03 Å². The standard InChI is InChI=1S/C26H33N3O6/c1-32-21-8-6-5-7-20(21)28-26(31)29-13-11-18(12-14-29)17-27-24(30)10-9-19-15-22(33-2)25(35-4)23(16-19)34-3/h5-10,15-16,18H,11-14,17H2,1-4H3,(H,27,30)(H,28,31)/b10-9+. The summed E-state index contributed by atoms with van der Waals surface area (Å²) in [5, 5.41) is 5.86. The van der Waals surface area contributed by atoms with E-state index >= 15 is 0 Å². The van der Waals surface area contributed by atoms with Crippen molar-refractivity contribution in [3.05, 3.63) is 48.0 Å². The van der Waals surface area contributed by atoms with Crippen molar-refractivity contribution >= 4 is 23.7 Å². The molecule has 2 aromatic rings. The average molecular weight is 484 g/mol. The molecule has 3 amide bonds. The number of carbonyl (C=O) groups excluding carboxylic acids is 2. The van der Waals surface area contributed by atoms with Gasteiger partial charge in [-0.25, -0.2) is 4.79 Å². The minimum Gasteiger partial charge on any atom is -0.495 e. The first-order chi connectivity index (χ1) is 17.0. The molecule has 0 saturated carbocycles. The second-order valence-corrected chi connectivity index (χ2v) is 8.10. The quantitative estimate of drug-likeness (QED) is 0.527. The summed E-state index contributed by atoms with van der Waals surface area (Å²) in [5.74, 6) is 2.29. The van der Waals surface area contributed by atoms with Gasteiger partial charge in [-0.2, -0.15) is 0 Å². The van der Waals surface area contributed by atoms with Gasteiger partial charge in [-0.3, -0.25) is 4.79 Å². The van der Waals surface area contributed by atoms with E-state index in [1.165, 1.54) is 6.08 Å². The van der Waals surface area contributed by atoms with Crippen LogP contribution in [0.4, 0.5) is 10.5 Å². The number of ether oxygens (including phenoxy) is 4. The summed E-state index contributed by atoms with van der Waals surface area (Å²) in [5.41, 5.74) is 1.40. The molecular weight excluding hydrogens is 450 g/mol. The summed E-state index contributed by atoms with van der Waals surface area (Å²) in [6.45, 7) is 1.81. The largest absolute Gasteiger partial charge is 0.495 e. The van der Waals surface area contributed by atoms with E-state index < -0.39 is 0 Å². The minimum atomic E-state index is -0.185. The highest BCUT2D eigenvalue weighted by Crippen LogP contribution is 2.38. The van der Waals surface area contributed by atoms with E-state index in [9.17, 15) is 9.59 Å². The predicted octanol–water partition coefficient (Wildman–Crippen LogP) is 3.79. The van der Waals surface area contributed by atoms with E-state index in [0.717, 1.165) is 18.4 Å². The summed E-state index contributed by atoms with van der Waals surface area (Å²) in [7, 11) is 6.21. The Balaban J connectivity index is 1.46. The van der Waals surface area contributed by atoms with Gasteiger partial charge in [-0.1, -0.05) is 12.1 Å². The number of amides is 3.